The summed E-state index contributed by atoms with van der Waals surface area (Å²) < 4.78 is 38.1. The standard InChI is InChI=1S/C12H16BrF3N2/c1-8(2)18(7-12(14,15)16)6-9-3-10(13)5-11(17)4-9/h3-5,8H,6-7,17H2,1-2H3. The molecule has 0 bridgehead atoms. The van der Waals surface area contributed by atoms with Crippen LogP contribution < -0.4 is 5.73 Å². The summed E-state index contributed by atoms with van der Waals surface area (Å²) in [6.45, 7) is 2.79. The van der Waals surface area contributed by atoms with Gasteiger partial charge in [0.05, 0.1) is 6.54 Å². The number of hydrogen-bond donors (Lipinski definition) is 1. The van der Waals surface area contributed by atoms with Crippen molar-refractivity contribution in [2.75, 3.05) is 12.3 Å². The highest BCUT2D eigenvalue weighted by Crippen LogP contribution is 2.22. The Labute approximate surface area is 113 Å². The van der Waals surface area contributed by atoms with Crippen LogP contribution in [-0.2, 0) is 6.54 Å². The minimum absolute atomic E-state index is 0.188. The molecule has 0 heterocycles. The van der Waals surface area contributed by atoms with Crippen molar-refractivity contribution in [3.8, 4) is 0 Å². The summed E-state index contributed by atoms with van der Waals surface area (Å²) in [7, 11) is 0. The molecule has 1 rings (SSSR count). The molecule has 0 aliphatic carbocycles. The average molecular weight is 325 g/mol. The Kier molecular flexibility index (Phi) is 5.04. The number of halogens is 4. The van der Waals surface area contributed by atoms with Crippen molar-refractivity contribution < 1.29 is 13.2 Å². The molecule has 0 aromatic heterocycles. The lowest BCUT2D eigenvalue weighted by Crippen LogP contribution is -2.38. The zero-order valence-electron chi connectivity index (χ0n) is 10.3. The monoisotopic (exact) mass is 324 g/mol. The van der Waals surface area contributed by atoms with Gasteiger partial charge in [0.25, 0.3) is 0 Å². The first-order valence-corrected chi connectivity index (χ1v) is 6.32. The number of alkyl halides is 3. The van der Waals surface area contributed by atoms with E-state index in [1.807, 2.05) is 0 Å². The minimum atomic E-state index is -4.19. The quantitative estimate of drug-likeness (QED) is 0.853. The highest BCUT2D eigenvalue weighted by molar-refractivity contribution is 9.10. The van der Waals surface area contributed by atoms with Crippen LogP contribution in [0.3, 0.4) is 0 Å². The molecular weight excluding hydrogens is 309 g/mol. The molecule has 0 saturated carbocycles. The summed E-state index contributed by atoms with van der Waals surface area (Å²) in [6, 6.07) is 5.00. The Morgan fingerprint density at radius 3 is 2.33 bits per heavy atom. The molecule has 0 radical (unpaired) electrons. The van der Waals surface area contributed by atoms with Gasteiger partial charge >= 0.3 is 6.18 Å². The summed E-state index contributed by atoms with van der Waals surface area (Å²) in [5, 5.41) is 0. The second-order valence-electron chi connectivity index (χ2n) is 4.51. The van der Waals surface area contributed by atoms with Gasteiger partial charge in [0.1, 0.15) is 0 Å². The van der Waals surface area contributed by atoms with Crippen molar-refractivity contribution >= 4 is 21.6 Å². The zero-order valence-corrected chi connectivity index (χ0v) is 11.8. The average Bonchev–Trinajstić information content (AvgIpc) is 2.12. The normalized spacial score (nSPS) is 12.4. The Morgan fingerprint density at radius 1 is 1.28 bits per heavy atom. The lowest BCUT2D eigenvalue weighted by molar-refractivity contribution is -0.150. The van der Waals surface area contributed by atoms with Gasteiger partial charge in [-0.25, -0.2) is 0 Å². The summed E-state index contributed by atoms with van der Waals surface area (Å²) in [6.07, 6.45) is -4.19. The second kappa shape index (κ2) is 5.93. The maximum absolute atomic E-state index is 12.5. The third kappa shape index (κ3) is 5.27. The predicted octanol–water partition coefficient (Wildman–Crippen LogP) is 3.80. The summed E-state index contributed by atoms with van der Waals surface area (Å²) in [5.74, 6) is 0. The van der Waals surface area contributed by atoms with Gasteiger partial charge in [-0.15, -0.1) is 0 Å². The van der Waals surface area contributed by atoms with E-state index in [1.165, 1.54) is 4.90 Å². The fourth-order valence-electron chi connectivity index (χ4n) is 1.65. The van der Waals surface area contributed by atoms with E-state index in [1.54, 1.807) is 32.0 Å². The molecule has 0 fully saturated rings. The fourth-order valence-corrected chi connectivity index (χ4v) is 2.21. The molecule has 0 amide bonds. The van der Waals surface area contributed by atoms with E-state index in [0.29, 0.717) is 5.69 Å². The fraction of sp³-hybridized carbons (Fsp3) is 0.500. The molecule has 2 nitrogen and oxygen atoms in total. The molecule has 0 aliphatic rings. The van der Waals surface area contributed by atoms with E-state index in [9.17, 15) is 13.2 Å². The first-order valence-electron chi connectivity index (χ1n) is 5.53. The van der Waals surface area contributed by atoms with Gasteiger partial charge in [0.15, 0.2) is 0 Å². The van der Waals surface area contributed by atoms with Crippen LogP contribution in [0.1, 0.15) is 19.4 Å². The van der Waals surface area contributed by atoms with Crippen LogP contribution in [0.15, 0.2) is 22.7 Å². The molecule has 0 atom stereocenters. The van der Waals surface area contributed by atoms with E-state index >= 15 is 0 Å². The molecule has 2 N–H and O–H groups in total. The van der Waals surface area contributed by atoms with Crippen molar-refractivity contribution in [1.29, 1.82) is 0 Å². The van der Waals surface area contributed by atoms with Gasteiger partial charge in [-0.2, -0.15) is 13.2 Å². The van der Waals surface area contributed by atoms with Crippen LogP contribution in [-0.4, -0.2) is 23.7 Å². The predicted molar refractivity (Wildman–Crippen MR) is 70.2 cm³/mol. The Bertz CT molecular complexity index is 385. The SMILES string of the molecule is CC(C)N(Cc1cc(N)cc(Br)c1)CC(F)(F)F. The minimum Gasteiger partial charge on any atom is -0.399 e. The van der Waals surface area contributed by atoms with Gasteiger partial charge in [0.2, 0.25) is 0 Å². The largest absolute Gasteiger partial charge is 0.401 e. The van der Waals surface area contributed by atoms with Crippen LogP contribution in [0.2, 0.25) is 0 Å². The van der Waals surface area contributed by atoms with E-state index in [2.05, 4.69) is 15.9 Å². The lowest BCUT2D eigenvalue weighted by atomic mass is 10.1. The molecule has 6 heteroatoms. The van der Waals surface area contributed by atoms with Crippen LogP contribution >= 0.6 is 15.9 Å². The molecule has 0 aliphatic heterocycles. The Morgan fingerprint density at radius 2 is 1.89 bits per heavy atom. The number of benzene rings is 1. The van der Waals surface area contributed by atoms with E-state index in [-0.39, 0.29) is 12.6 Å². The molecule has 18 heavy (non-hydrogen) atoms. The number of anilines is 1. The number of nitrogen functional groups attached to an aromatic ring is 1. The van der Waals surface area contributed by atoms with E-state index < -0.39 is 12.7 Å². The molecule has 0 unspecified atom stereocenters. The summed E-state index contributed by atoms with van der Waals surface area (Å²) >= 11 is 3.28. The first kappa shape index (κ1) is 15.3. The molecule has 102 valence electrons. The molecule has 0 spiro atoms. The number of hydrogen-bond acceptors (Lipinski definition) is 2. The van der Waals surface area contributed by atoms with Gasteiger partial charge in [-0.3, -0.25) is 4.90 Å². The molecule has 0 saturated heterocycles. The van der Waals surface area contributed by atoms with Gasteiger partial charge in [-0.05, 0) is 37.6 Å². The van der Waals surface area contributed by atoms with E-state index in [4.69, 9.17) is 5.73 Å². The van der Waals surface area contributed by atoms with E-state index in [0.717, 1.165) is 10.0 Å². The van der Waals surface area contributed by atoms with Gasteiger partial charge in [-0.1, -0.05) is 15.9 Å². The van der Waals surface area contributed by atoms with Crippen LogP contribution in [0, 0.1) is 0 Å². The highest BCUT2D eigenvalue weighted by Gasteiger charge is 2.31. The molecular formula is C12H16BrF3N2. The zero-order chi connectivity index (χ0) is 13.9. The van der Waals surface area contributed by atoms with Crippen molar-refractivity contribution in [3.05, 3.63) is 28.2 Å². The number of nitrogens with zero attached hydrogens (tertiary/aromatic N) is 1. The smallest absolute Gasteiger partial charge is 0.399 e. The molecule has 1 aromatic carbocycles. The summed E-state index contributed by atoms with van der Waals surface area (Å²) in [4.78, 5) is 1.36. The van der Waals surface area contributed by atoms with Crippen molar-refractivity contribution in [1.82, 2.24) is 4.90 Å². The van der Waals surface area contributed by atoms with Crippen molar-refractivity contribution in [2.24, 2.45) is 0 Å². The van der Waals surface area contributed by atoms with Crippen molar-refractivity contribution in [2.45, 2.75) is 32.6 Å². The highest BCUT2D eigenvalue weighted by atomic mass is 79.9. The van der Waals surface area contributed by atoms with Gasteiger partial charge in [0, 0.05) is 22.7 Å². The Hall–Kier alpha value is -0.750. The topological polar surface area (TPSA) is 29.3 Å². The van der Waals surface area contributed by atoms with Crippen molar-refractivity contribution in [3.63, 3.8) is 0 Å². The van der Waals surface area contributed by atoms with Crippen LogP contribution in [0.4, 0.5) is 18.9 Å². The summed E-state index contributed by atoms with van der Waals surface area (Å²) in [5.41, 5.74) is 6.97. The van der Waals surface area contributed by atoms with Crippen LogP contribution in [0.25, 0.3) is 0 Å². The van der Waals surface area contributed by atoms with Crippen LogP contribution in [0.5, 0.6) is 0 Å². The number of nitrogens with two attached hydrogens (primary N) is 1. The first-order chi connectivity index (χ1) is 8.17. The maximum Gasteiger partial charge on any atom is 0.401 e. The Balaban J connectivity index is 2.83. The second-order valence-corrected chi connectivity index (χ2v) is 5.42. The maximum atomic E-state index is 12.5. The third-order valence-electron chi connectivity index (χ3n) is 2.48. The number of rotatable bonds is 4. The lowest BCUT2D eigenvalue weighted by Gasteiger charge is -2.27. The molecule has 1 aromatic rings. The van der Waals surface area contributed by atoms with Gasteiger partial charge < -0.3 is 5.73 Å². The third-order valence-corrected chi connectivity index (χ3v) is 2.94.